The molecule has 1 aliphatic rings. The molecule has 2 N–H and O–H groups in total. The zero-order chi connectivity index (χ0) is 13.6. The summed E-state index contributed by atoms with van der Waals surface area (Å²) in [4.78, 5) is 2.30. The van der Waals surface area contributed by atoms with Gasteiger partial charge in [0.2, 0.25) is 0 Å². The van der Waals surface area contributed by atoms with E-state index in [0.29, 0.717) is 18.7 Å². The Bertz CT molecular complexity index is 335. The first-order valence-electron chi connectivity index (χ1n) is 7.07. The van der Waals surface area contributed by atoms with Gasteiger partial charge in [0.05, 0.1) is 5.75 Å². The molecule has 1 rings (SSSR count). The lowest BCUT2D eigenvalue weighted by atomic mass is 9.80. The van der Waals surface area contributed by atoms with Crippen LogP contribution in [0.25, 0.3) is 0 Å². The summed E-state index contributed by atoms with van der Waals surface area (Å²) < 4.78 is 22.9. The van der Waals surface area contributed by atoms with Crippen molar-refractivity contribution in [2.75, 3.05) is 31.6 Å². The minimum atomic E-state index is -2.83. The molecule has 0 atom stereocenters. The molecular formula is C13H28N2O2S. The SMILES string of the molecule is CCS(=O)(=O)CCCN(C)C1(CN)CCCCC1. The van der Waals surface area contributed by atoms with Crippen LogP contribution in [-0.2, 0) is 9.84 Å². The molecule has 0 heterocycles. The Labute approximate surface area is 112 Å². The summed E-state index contributed by atoms with van der Waals surface area (Å²) in [6.45, 7) is 3.22. The number of rotatable bonds is 7. The zero-order valence-electron chi connectivity index (χ0n) is 11.8. The van der Waals surface area contributed by atoms with Crippen molar-refractivity contribution in [2.45, 2.75) is 51.0 Å². The molecule has 5 heteroatoms. The van der Waals surface area contributed by atoms with Crippen LogP contribution in [0.15, 0.2) is 0 Å². The smallest absolute Gasteiger partial charge is 0.150 e. The van der Waals surface area contributed by atoms with Gasteiger partial charge in [0.25, 0.3) is 0 Å². The Kier molecular flexibility index (Phi) is 6.08. The van der Waals surface area contributed by atoms with Gasteiger partial charge in [0, 0.05) is 17.8 Å². The van der Waals surface area contributed by atoms with Crippen molar-refractivity contribution in [1.29, 1.82) is 0 Å². The molecule has 0 spiro atoms. The normalized spacial score (nSPS) is 20.2. The van der Waals surface area contributed by atoms with Crippen molar-refractivity contribution in [2.24, 2.45) is 5.73 Å². The minimum Gasteiger partial charge on any atom is -0.329 e. The first-order chi connectivity index (χ1) is 8.46. The van der Waals surface area contributed by atoms with Crippen LogP contribution in [0.5, 0.6) is 0 Å². The average Bonchev–Trinajstić information content (AvgIpc) is 2.39. The summed E-state index contributed by atoms with van der Waals surface area (Å²) in [5, 5.41) is 0. The van der Waals surface area contributed by atoms with Gasteiger partial charge in [-0.2, -0.15) is 0 Å². The van der Waals surface area contributed by atoms with Crippen LogP contribution in [0.3, 0.4) is 0 Å². The molecule has 0 amide bonds. The molecule has 0 aromatic carbocycles. The second-order valence-corrected chi connectivity index (χ2v) is 7.97. The number of hydrogen-bond donors (Lipinski definition) is 1. The zero-order valence-corrected chi connectivity index (χ0v) is 12.6. The molecule has 0 aromatic heterocycles. The summed E-state index contributed by atoms with van der Waals surface area (Å²) in [5.74, 6) is 0.549. The highest BCUT2D eigenvalue weighted by atomic mass is 32.2. The second-order valence-electron chi connectivity index (χ2n) is 5.50. The first kappa shape index (κ1) is 15.9. The molecule has 0 bridgehead atoms. The molecular weight excluding hydrogens is 248 g/mol. The Morgan fingerprint density at radius 2 is 1.83 bits per heavy atom. The predicted molar refractivity (Wildman–Crippen MR) is 76.4 cm³/mol. The Morgan fingerprint density at radius 3 is 2.33 bits per heavy atom. The predicted octanol–water partition coefficient (Wildman–Crippen LogP) is 1.40. The molecule has 1 aliphatic carbocycles. The molecule has 0 aliphatic heterocycles. The Morgan fingerprint density at radius 1 is 1.22 bits per heavy atom. The van der Waals surface area contributed by atoms with E-state index in [-0.39, 0.29) is 11.3 Å². The number of hydrogen-bond acceptors (Lipinski definition) is 4. The van der Waals surface area contributed by atoms with E-state index >= 15 is 0 Å². The Hall–Kier alpha value is -0.130. The quantitative estimate of drug-likeness (QED) is 0.763. The summed E-state index contributed by atoms with van der Waals surface area (Å²) >= 11 is 0. The maximum absolute atomic E-state index is 11.5. The van der Waals surface area contributed by atoms with Gasteiger partial charge in [-0.1, -0.05) is 26.2 Å². The van der Waals surface area contributed by atoms with E-state index in [1.54, 1.807) is 6.92 Å². The van der Waals surface area contributed by atoms with Crippen LogP contribution in [-0.4, -0.2) is 50.5 Å². The third-order valence-electron chi connectivity index (χ3n) is 4.36. The van der Waals surface area contributed by atoms with Crippen molar-refractivity contribution in [3.8, 4) is 0 Å². The lowest BCUT2D eigenvalue weighted by molar-refractivity contribution is 0.0830. The van der Waals surface area contributed by atoms with Gasteiger partial charge in [0.1, 0.15) is 9.84 Å². The van der Waals surface area contributed by atoms with E-state index < -0.39 is 9.84 Å². The topological polar surface area (TPSA) is 63.4 Å². The molecule has 108 valence electrons. The number of nitrogens with two attached hydrogens (primary N) is 1. The van der Waals surface area contributed by atoms with Crippen LogP contribution in [0, 0.1) is 0 Å². The highest BCUT2D eigenvalue weighted by Gasteiger charge is 2.34. The van der Waals surface area contributed by atoms with E-state index in [2.05, 4.69) is 11.9 Å². The lowest BCUT2D eigenvalue weighted by Gasteiger charge is -2.44. The average molecular weight is 276 g/mol. The number of likely N-dealkylation sites (N-methyl/N-ethyl adjacent to an activating group) is 1. The van der Waals surface area contributed by atoms with Gasteiger partial charge in [-0.15, -0.1) is 0 Å². The molecule has 0 unspecified atom stereocenters. The second kappa shape index (κ2) is 6.87. The van der Waals surface area contributed by atoms with Gasteiger partial charge in [-0.05, 0) is 32.9 Å². The van der Waals surface area contributed by atoms with Gasteiger partial charge >= 0.3 is 0 Å². The van der Waals surface area contributed by atoms with Crippen molar-refractivity contribution in [3.05, 3.63) is 0 Å². The summed E-state index contributed by atoms with van der Waals surface area (Å²) in [6, 6.07) is 0. The molecule has 1 saturated carbocycles. The molecule has 0 radical (unpaired) electrons. The monoisotopic (exact) mass is 276 g/mol. The van der Waals surface area contributed by atoms with Crippen molar-refractivity contribution >= 4 is 9.84 Å². The molecule has 18 heavy (non-hydrogen) atoms. The van der Waals surface area contributed by atoms with Gasteiger partial charge < -0.3 is 5.73 Å². The van der Waals surface area contributed by atoms with Gasteiger partial charge in [-0.3, -0.25) is 4.90 Å². The number of nitrogens with zero attached hydrogens (tertiary/aromatic N) is 1. The van der Waals surface area contributed by atoms with E-state index in [0.717, 1.165) is 19.4 Å². The summed E-state index contributed by atoms with van der Waals surface area (Å²) in [7, 11) is -0.736. The largest absolute Gasteiger partial charge is 0.329 e. The number of sulfone groups is 1. The van der Waals surface area contributed by atoms with Gasteiger partial charge in [0.15, 0.2) is 0 Å². The fraction of sp³-hybridized carbons (Fsp3) is 1.00. The third-order valence-corrected chi connectivity index (χ3v) is 6.15. The minimum absolute atomic E-state index is 0.119. The maximum Gasteiger partial charge on any atom is 0.150 e. The third kappa shape index (κ3) is 4.21. The van der Waals surface area contributed by atoms with Crippen LogP contribution in [0.4, 0.5) is 0 Å². The first-order valence-corrected chi connectivity index (χ1v) is 8.90. The van der Waals surface area contributed by atoms with E-state index in [9.17, 15) is 8.42 Å². The van der Waals surface area contributed by atoms with Crippen molar-refractivity contribution in [3.63, 3.8) is 0 Å². The maximum atomic E-state index is 11.5. The van der Waals surface area contributed by atoms with Crippen molar-refractivity contribution < 1.29 is 8.42 Å². The summed E-state index contributed by atoms with van der Waals surface area (Å²) in [6.07, 6.45) is 6.82. The van der Waals surface area contributed by atoms with E-state index in [1.165, 1.54) is 19.3 Å². The highest BCUT2D eigenvalue weighted by molar-refractivity contribution is 7.91. The molecule has 0 aromatic rings. The van der Waals surface area contributed by atoms with Crippen LogP contribution in [0.2, 0.25) is 0 Å². The summed E-state index contributed by atoms with van der Waals surface area (Å²) in [5.41, 5.74) is 6.08. The molecule has 1 fully saturated rings. The van der Waals surface area contributed by atoms with Gasteiger partial charge in [-0.25, -0.2) is 8.42 Å². The van der Waals surface area contributed by atoms with Crippen LogP contribution < -0.4 is 5.73 Å². The van der Waals surface area contributed by atoms with E-state index in [4.69, 9.17) is 5.73 Å². The highest BCUT2D eigenvalue weighted by Crippen LogP contribution is 2.32. The van der Waals surface area contributed by atoms with Crippen LogP contribution >= 0.6 is 0 Å². The van der Waals surface area contributed by atoms with Crippen molar-refractivity contribution in [1.82, 2.24) is 4.90 Å². The lowest BCUT2D eigenvalue weighted by Crippen LogP contribution is -2.53. The van der Waals surface area contributed by atoms with Crippen LogP contribution in [0.1, 0.15) is 45.4 Å². The standard InChI is InChI=1S/C13H28N2O2S/c1-3-18(16,17)11-7-10-15(2)13(12-14)8-5-4-6-9-13/h3-12,14H2,1-2H3. The molecule has 4 nitrogen and oxygen atoms in total. The van der Waals surface area contributed by atoms with E-state index in [1.807, 2.05) is 0 Å². The molecule has 0 saturated heterocycles. The fourth-order valence-corrected chi connectivity index (χ4v) is 3.71. The Balaban J connectivity index is 2.45. The fourth-order valence-electron chi connectivity index (χ4n) is 2.85.